The lowest BCUT2D eigenvalue weighted by molar-refractivity contribution is -0.118. The SMILES string of the molecule is NC1(C(=O)Nc2ccc3ncsc3c2)CC1. The minimum absolute atomic E-state index is 0.0867. The molecule has 1 aromatic heterocycles. The molecule has 1 aliphatic carbocycles. The van der Waals surface area contributed by atoms with Crippen molar-refractivity contribution >= 4 is 33.1 Å². The molecule has 1 aliphatic rings. The third-order valence-electron chi connectivity index (χ3n) is 2.83. The molecule has 0 atom stereocenters. The van der Waals surface area contributed by atoms with Crippen LogP contribution in [0.15, 0.2) is 23.7 Å². The smallest absolute Gasteiger partial charge is 0.244 e. The van der Waals surface area contributed by atoms with E-state index in [0.717, 1.165) is 28.7 Å². The number of hydrogen-bond donors (Lipinski definition) is 2. The zero-order valence-electron chi connectivity index (χ0n) is 8.56. The molecule has 1 heterocycles. The highest BCUT2D eigenvalue weighted by Crippen LogP contribution is 2.33. The van der Waals surface area contributed by atoms with Crippen molar-refractivity contribution in [2.75, 3.05) is 5.32 Å². The molecule has 1 aromatic carbocycles. The summed E-state index contributed by atoms with van der Waals surface area (Å²) in [6.07, 6.45) is 1.56. The lowest BCUT2D eigenvalue weighted by Crippen LogP contribution is -2.37. The van der Waals surface area contributed by atoms with E-state index in [1.54, 1.807) is 16.8 Å². The maximum Gasteiger partial charge on any atom is 0.244 e. The van der Waals surface area contributed by atoms with Crippen molar-refractivity contribution < 1.29 is 4.79 Å². The Hall–Kier alpha value is -1.46. The predicted octanol–water partition coefficient (Wildman–Crippen LogP) is 1.73. The molecule has 1 amide bonds. The number of fused-ring (bicyclic) bond motifs is 1. The summed E-state index contributed by atoms with van der Waals surface area (Å²) in [6, 6.07) is 5.68. The van der Waals surface area contributed by atoms with Gasteiger partial charge in [-0.2, -0.15) is 0 Å². The number of carbonyl (C=O) groups is 1. The van der Waals surface area contributed by atoms with Crippen LogP contribution in [0.5, 0.6) is 0 Å². The maximum absolute atomic E-state index is 11.7. The van der Waals surface area contributed by atoms with Crippen molar-refractivity contribution in [2.45, 2.75) is 18.4 Å². The highest BCUT2D eigenvalue weighted by Gasteiger charge is 2.45. The summed E-state index contributed by atoms with van der Waals surface area (Å²) in [5, 5.41) is 2.84. The monoisotopic (exact) mass is 233 g/mol. The summed E-state index contributed by atoms with van der Waals surface area (Å²) in [5.41, 5.74) is 8.73. The Bertz CT molecular complexity index is 559. The average molecular weight is 233 g/mol. The van der Waals surface area contributed by atoms with E-state index in [9.17, 15) is 4.79 Å². The largest absolute Gasteiger partial charge is 0.324 e. The van der Waals surface area contributed by atoms with Crippen LogP contribution in [-0.2, 0) is 4.79 Å². The Morgan fingerprint density at radius 1 is 1.50 bits per heavy atom. The second kappa shape index (κ2) is 3.26. The van der Waals surface area contributed by atoms with Crippen LogP contribution in [0.1, 0.15) is 12.8 Å². The van der Waals surface area contributed by atoms with Crippen LogP contribution in [0.4, 0.5) is 5.69 Å². The van der Waals surface area contributed by atoms with Gasteiger partial charge < -0.3 is 11.1 Å². The summed E-state index contributed by atoms with van der Waals surface area (Å²) in [6.45, 7) is 0. The van der Waals surface area contributed by atoms with Crippen LogP contribution < -0.4 is 11.1 Å². The van der Waals surface area contributed by atoms with Gasteiger partial charge in [-0.3, -0.25) is 4.79 Å². The number of aromatic nitrogens is 1. The fraction of sp³-hybridized carbons (Fsp3) is 0.273. The van der Waals surface area contributed by atoms with Crippen LogP contribution in [0.25, 0.3) is 10.2 Å². The summed E-state index contributed by atoms with van der Waals surface area (Å²) in [5.74, 6) is -0.0867. The molecule has 0 spiro atoms. The molecule has 1 saturated carbocycles. The third kappa shape index (κ3) is 1.58. The zero-order chi connectivity index (χ0) is 11.2. The summed E-state index contributed by atoms with van der Waals surface area (Å²) in [7, 11) is 0. The molecule has 0 radical (unpaired) electrons. The molecule has 3 rings (SSSR count). The standard InChI is InChI=1S/C11H11N3OS/c12-11(3-4-11)10(15)14-7-1-2-8-9(5-7)16-6-13-8/h1-2,5-6H,3-4,12H2,(H,14,15). The number of rotatable bonds is 2. The van der Waals surface area contributed by atoms with E-state index in [0.29, 0.717) is 0 Å². The molecule has 16 heavy (non-hydrogen) atoms. The molecule has 3 N–H and O–H groups in total. The summed E-state index contributed by atoms with van der Waals surface area (Å²) >= 11 is 1.56. The van der Waals surface area contributed by atoms with E-state index >= 15 is 0 Å². The topological polar surface area (TPSA) is 68.0 Å². The number of nitrogens with zero attached hydrogens (tertiary/aromatic N) is 1. The van der Waals surface area contributed by atoms with Crippen molar-refractivity contribution in [1.29, 1.82) is 0 Å². The molecular formula is C11H11N3OS. The quantitative estimate of drug-likeness (QED) is 0.830. The van der Waals surface area contributed by atoms with E-state index in [1.807, 2.05) is 18.2 Å². The lowest BCUT2D eigenvalue weighted by atomic mass is 10.2. The van der Waals surface area contributed by atoms with E-state index in [4.69, 9.17) is 5.73 Å². The van der Waals surface area contributed by atoms with E-state index in [1.165, 1.54) is 0 Å². The molecule has 2 aromatic rings. The summed E-state index contributed by atoms with van der Waals surface area (Å²) in [4.78, 5) is 15.9. The first-order valence-electron chi connectivity index (χ1n) is 5.11. The van der Waals surface area contributed by atoms with Gasteiger partial charge in [0.2, 0.25) is 5.91 Å². The van der Waals surface area contributed by atoms with Gasteiger partial charge in [-0.15, -0.1) is 11.3 Å². The Balaban J connectivity index is 1.86. The second-order valence-corrected chi connectivity index (χ2v) is 5.03. The summed E-state index contributed by atoms with van der Waals surface area (Å²) < 4.78 is 1.07. The number of nitrogens with one attached hydrogen (secondary N) is 1. The number of anilines is 1. The first kappa shape index (κ1) is 9.74. The fourth-order valence-corrected chi connectivity index (χ4v) is 2.27. The van der Waals surface area contributed by atoms with Gasteiger partial charge in [0.25, 0.3) is 0 Å². The van der Waals surface area contributed by atoms with E-state index < -0.39 is 5.54 Å². The highest BCUT2D eigenvalue weighted by molar-refractivity contribution is 7.16. The van der Waals surface area contributed by atoms with Crippen molar-refractivity contribution in [3.8, 4) is 0 Å². The number of thiazole rings is 1. The van der Waals surface area contributed by atoms with Gasteiger partial charge in [-0.05, 0) is 31.0 Å². The Labute approximate surface area is 96.5 Å². The van der Waals surface area contributed by atoms with Gasteiger partial charge in [0, 0.05) is 5.69 Å². The number of nitrogens with two attached hydrogens (primary N) is 1. The van der Waals surface area contributed by atoms with Gasteiger partial charge >= 0.3 is 0 Å². The zero-order valence-corrected chi connectivity index (χ0v) is 9.38. The predicted molar refractivity (Wildman–Crippen MR) is 64.4 cm³/mol. The van der Waals surface area contributed by atoms with Crippen LogP contribution in [-0.4, -0.2) is 16.4 Å². The van der Waals surface area contributed by atoms with Crippen LogP contribution in [0, 0.1) is 0 Å². The van der Waals surface area contributed by atoms with Crippen molar-refractivity contribution in [2.24, 2.45) is 5.73 Å². The van der Waals surface area contributed by atoms with Gasteiger partial charge in [0.05, 0.1) is 21.3 Å². The van der Waals surface area contributed by atoms with Crippen molar-refractivity contribution in [3.05, 3.63) is 23.7 Å². The highest BCUT2D eigenvalue weighted by atomic mass is 32.1. The molecule has 0 aliphatic heterocycles. The normalized spacial score (nSPS) is 17.3. The van der Waals surface area contributed by atoms with Gasteiger partial charge in [-0.1, -0.05) is 0 Å². The molecule has 0 bridgehead atoms. The van der Waals surface area contributed by atoms with Crippen molar-refractivity contribution in [1.82, 2.24) is 4.98 Å². The molecule has 5 heteroatoms. The minimum Gasteiger partial charge on any atom is -0.324 e. The lowest BCUT2D eigenvalue weighted by Gasteiger charge is -2.09. The number of amides is 1. The van der Waals surface area contributed by atoms with Crippen molar-refractivity contribution in [3.63, 3.8) is 0 Å². The number of carbonyl (C=O) groups excluding carboxylic acids is 1. The van der Waals surface area contributed by atoms with Gasteiger partial charge in [-0.25, -0.2) is 4.98 Å². The van der Waals surface area contributed by atoms with E-state index in [-0.39, 0.29) is 5.91 Å². The first-order chi connectivity index (χ1) is 7.67. The first-order valence-corrected chi connectivity index (χ1v) is 5.99. The third-order valence-corrected chi connectivity index (χ3v) is 3.62. The Kier molecular flexibility index (Phi) is 1.99. The maximum atomic E-state index is 11.7. The second-order valence-electron chi connectivity index (χ2n) is 4.15. The Morgan fingerprint density at radius 2 is 2.31 bits per heavy atom. The van der Waals surface area contributed by atoms with Gasteiger partial charge in [0.1, 0.15) is 0 Å². The minimum atomic E-state index is -0.622. The molecule has 4 nitrogen and oxygen atoms in total. The molecule has 0 unspecified atom stereocenters. The number of hydrogen-bond acceptors (Lipinski definition) is 4. The molecule has 0 saturated heterocycles. The van der Waals surface area contributed by atoms with Crippen LogP contribution in [0.3, 0.4) is 0 Å². The molecule has 1 fully saturated rings. The van der Waals surface area contributed by atoms with Crippen LogP contribution >= 0.6 is 11.3 Å². The number of benzene rings is 1. The molecule has 82 valence electrons. The van der Waals surface area contributed by atoms with E-state index in [2.05, 4.69) is 10.3 Å². The molecular weight excluding hydrogens is 222 g/mol. The average Bonchev–Trinajstić information content (AvgIpc) is 2.87. The Morgan fingerprint density at radius 3 is 3.06 bits per heavy atom. The van der Waals surface area contributed by atoms with Gasteiger partial charge in [0.15, 0.2) is 0 Å². The fourth-order valence-electron chi connectivity index (χ4n) is 1.55. The van der Waals surface area contributed by atoms with Crippen LogP contribution in [0.2, 0.25) is 0 Å².